The Morgan fingerprint density at radius 1 is 1.14 bits per heavy atom. The quantitative estimate of drug-likeness (QED) is 0.733. The van der Waals surface area contributed by atoms with E-state index in [2.05, 4.69) is 34.5 Å². The van der Waals surface area contributed by atoms with Crippen LogP contribution in [0.5, 0.6) is 0 Å². The molecule has 3 aromatic rings. The fourth-order valence-corrected chi connectivity index (χ4v) is 4.40. The average Bonchev–Trinajstić information content (AvgIpc) is 2.94. The average molecular weight is 297 g/mol. The lowest BCUT2D eigenvalue weighted by Crippen LogP contribution is -2.03. The van der Waals surface area contributed by atoms with Gasteiger partial charge in [-0.25, -0.2) is 4.98 Å². The number of nitrogens with two attached hydrogens (primary N) is 1. The first-order chi connectivity index (χ1) is 10.1. The Morgan fingerprint density at radius 2 is 1.90 bits per heavy atom. The highest BCUT2D eigenvalue weighted by Gasteiger charge is 2.18. The van der Waals surface area contributed by atoms with Crippen molar-refractivity contribution in [2.75, 3.05) is 5.73 Å². The highest BCUT2D eigenvalue weighted by molar-refractivity contribution is 7.17. The van der Waals surface area contributed by atoms with Crippen molar-refractivity contribution in [1.29, 1.82) is 0 Å². The lowest BCUT2D eigenvalue weighted by atomic mass is 9.90. The van der Waals surface area contributed by atoms with Crippen LogP contribution < -0.4 is 5.73 Å². The molecule has 0 bridgehead atoms. The van der Waals surface area contributed by atoms with Gasteiger partial charge in [0.25, 0.3) is 0 Å². The van der Waals surface area contributed by atoms with E-state index >= 15 is 0 Å². The van der Waals surface area contributed by atoms with Gasteiger partial charge in [-0.3, -0.25) is 4.40 Å². The molecule has 0 radical (unpaired) electrons. The maximum Gasteiger partial charge on any atom is 0.196 e. The molecule has 1 aromatic carbocycles. The smallest absolute Gasteiger partial charge is 0.196 e. The summed E-state index contributed by atoms with van der Waals surface area (Å²) in [5, 5.41) is 0. The van der Waals surface area contributed by atoms with Gasteiger partial charge in [-0.1, -0.05) is 12.1 Å². The molecule has 0 saturated carbocycles. The van der Waals surface area contributed by atoms with Gasteiger partial charge in [0.2, 0.25) is 0 Å². The maximum atomic E-state index is 6.23. The van der Waals surface area contributed by atoms with Crippen LogP contribution in [0.25, 0.3) is 16.2 Å². The molecular formula is C17H19N3S. The van der Waals surface area contributed by atoms with Crippen molar-refractivity contribution in [2.24, 2.45) is 0 Å². The Labute approximate surface area is 128 Å². The minimum absolute atomic E-state index is 0.766. The molecule has 0 atom stereocenters. The summed E-state index contributed by atoms with van der Waals surface area (Å²) in [4.78, 5) is 6.84. The zero-order chi connectivity index (χ0) is 14.6. The summed E-state index contributed by atoms with van der Waals surface area (Å²) in [7, 11) is 0. The normalized spacial score (nSPS) is 14.6. The molecule has 0 aliphatic heterocycles. The minimum Gasteiger partial charge on any atom is -0.383 e. The van der Waals surface area contributed by atoms with E-state index in [4.69, 9.17) is 5.73 Å². The third-order valence-corrected chi connectivity index (χ3v) is 5.45. The van der Waals surface area contributed by atoms with Crippen LogP contribution in [-0.4, -0.2) is 9.38 Å². The maximum absolute atomic E-state index is 6.23. The highest BCUT2D eigenvalue weighted by Crippen LogP contribution is 2.35. The molecule has 3 nitrogen and oxygen atoms in total. The number of benzene rings is 1. The van der Waals surface area contributed by atoms with Crippen LogP contribution in [0.15, 0.2) is 18.2 Å². The number of nitrogen functional groups attached to an aromatic ring is 1. The molecule has 0 unspecified atom stereocenters. The lowest BCUT2D eigenvalue weighted by Gasteiger charge is -2.16. The molecular weight excluding hydrogens is 278 g/mol. The summed E-state index contributed by atoms with van der Waals surface area (Å²) in [5.74, 6) is 0.766. The van der Waals surface area contributed by atoms with Gasteiger partial charge < -0.3 is 5.73 Å². The third kappa shape index (κ3) is 1.89. The molecule has 2 N–H and O–H groups in total. The third-order valence-electron chi connectivity index (χ3n) is 4.49. The second kappa shape index (κ2) is 4.60. The van der Waals surface area contributed by atoms with Crippen LogP contribution in [0.3, 0.4) is 0 Å². The molecule has 0 amide bonds. The molecule has 2 heterocycles. The van der Waals surface area contributed by atoms with Crippen LogP contribution >= 0.6 is 11.3 Å². The van der Waals surface area contributed by atoms with E-state index in [0.717, 1.165) is 16.5 Å². The molecule has 0 fully saturated rings. The number of nitrogens with zero attached hydrogens (tertiary/aromatic N) is 2. The predicted octanol–water partition coefficient (Wildman–Crippen LogP) is 4.14. The van der Waals surface area contributed by atoms with E-state index in [0.29, 0.717) is 0 Å². The fraction of sp³-hybridized carbons (Fsp3) is 0.353. The zero-order valence-corrected chi connectivity index (χ0v) is 13.3. The highest BCUT2D eigenvalue weighted by atomic mass is 32.1. The lowest BCUT2D eigenvalue weighted by molar-refractivity contribution is 0.686. The van der Waals surface area contributed by atoms with E-state index in [1.54, 1.807) is 11.3 Å². The first-order valence-electron chi connectivity index (χ1n) is 7.51. The van der Waals surface area contributed by atoms with Crippen molar-refractivity contribution in [1.82, 2.24) is 9.38 Å². The van der Waals surface area contributed by atoms with Crippen molar-refractivity contribution in [3.8, 4) is 11.3 Å². The summed E-state index contributed by atoms with van der Waals surface area (Å²) in [6.45, 7) is 4.13. The van der Waals surface area contributed by atoms with Gasteiger partial charge in [-0.2, -0.15) is 0 Å². The van der Waals surface area contributed by atoms with Crippen LogP contribution in [-0.2, 0) is 12.8 Å². The van der Waals surface area contributed by atoms with E-state index in [-0.39, 0.29) is 0 Å². The standard InChI is InChI=1S/C17H19N3S/c1-10-16(18)20-15(11(2)21-17(20)19-10)14-8-7-12-5-3-4-6-13(12)9-14/h7-9H,3-6,18H2,1-2H3. The molecule has 108 valence electrons. The summed E-state index contributed by atoms with van der Waals surface area (Å²) in [5.41, 5.74) is 12.7. The summed E-state index contributed by atoms with van der Waals surface area (Å²) in [6.07, 6.45) is 5.05. The van der Waals surface area contributed by atoms with Crippen LogP contribution in [0.4, 0.5) is 5.82 Å². The second-order valence-corrected chi connectivity index (χ2v) is 7.08. The van der Waals surface area contributed by atoms with Crippen LogP contribution in [0.2, 0.25) is 0 Å². The number of imidazole rings is 1. The number of rotatable bonds is 1. The minimum atomic E-state index is 0.766. The molecule has 4 heteroatoms. The van der Waals surface area contributed by atoms with Crippen molar-refractivity contribution in [3.05, 3.63) is 39.9 Å². The Bertz CT molecular complexity index is 841. The Balaban J connectivity index is 1.95. The Morgan fingerprint density at radius 3 is 2.71 bits per heavy atom. The number of hydrogen-bond acceptors (Lipinski definition) is 3. The van der Waals surface area contributed by atoms with E-state index in [1.807, 2.05) is 6.92 Å². The van der Waals surface area contributed by atoms with Crippen LogP contribution in [0, 0.1) is 13.8 Å². The molecule has 1 aliphatic rings. The van der Waals surface area contributed by atoms with Gasteiger partial charge in [-0.15, -0.1) is 11.3 Å². The number of thiazole rings is 1. The van der Waals surface area contributed by atoms with Gasteiger partial charge in [-0.05, 0) is 56.7 Å². The van der Waals surface area contributed by atoms with Gasteiger partial charge >= 0.3 is 0 Å². The Hall–Kier alpha value is -1.81. The van der Waals surface area contributed by atoms with Crippen molar-refractivity contribution in [2.45, 2.75) is 39.5 Å². The molecule has 2 aromatic heterocycles. The fourth-order valence-electron chi connectivity index (χ4n) is 3.36. The number of aromatic nitrogens is 2. The van der Waals surface area contributed by atoms with Crippen molar-refractivity contribution < 1.29 is 0 Å². The second-order valence-electron chi connectivity index (χ2n) is 5.90. The monoisotopic (exact) mass is 297 g/mol. The largest absolute Gasteiger partial charge is 0.383 e. The number of hydrogen-bond donors (Lipinski definition) is 1. The first kappa shape index (κ1) is 12.9. The summed E-state index contributed by atoms with van der Waals surface area (Å²) in [6, 6.07) is 6.90. The van der Waals surface area contributed by atoms with Gasteiger partial charge in [0.15, 0.2) is 4.96 Å². The first-order valence-corrected chi connectivity index (χ1v) is 8.33. The number of aryl methyl sites for hydroxylation is 4. The SMILES string of the molecule is Cc1nc2sc(C)c(-c3ccc4c(c3)CCCC4)n2c1N. The van der Waals surface area contributed by atoms with E-state index in [9.17, 15) is 0 Å². The topological polar surface area (TPSA) is 43.3 Å². The molecule has 21 heavy (non-hydrogen) atoms. The van der Waals surface area contributed by atoms with Crippen molar-refractivity contribution >= 4 is 22.1 Å². The molecule has 1 aliphatic carbocycles. The summed E-state index contributed by atoms with van der Waals surface area (Å²) >= 11 is 1.72. The number of fused-ring (bicyclic) bond motifs is 2. The van der Waals surface area contributed by atoms with Gasteiger partial charge in [0.1, 0.15) is 5.82 Å². The predicted molar refractivity (Wildman–Crippen MR) is 89.0 cm³/mol. The number of anilines is 1. The van der Waals surface area contributed by atoms with Gasteiger partial charge in [0, 0.05) is 10.4 Å². The molecule has 0 saturated heterocycles. The summed E-state index contributed by atoms with van der Waals surface area (Å²) < 4.78 is 2.11. The van der Waals surface area contributed by atoms with Crippen molar-refractivity contribution in [3.63, 3.8) is 0 Å². The zero-order valence-electron chi connectivity index (χ0n) is 12.4. The van der Waals surface area contributed by atoms with Crippen LogP contribution in [0.1, 0.15) is 34.5 Å². The Kier molecular flexibility index (Phi) is 2.82. The van der Waals surface area contributed by atoms with E-state index in [1.165, 1.54) is 52.9 Å². The molecule has 4 rings (SSSR count). The van der Waals surface area contributed by atoms with Gasteiger partial charge in [0.05, 0.1) is 11.4 Å². The van der Waals surface area contributed by atoms with E-state index < -0.39 is 0 Å². The molecule has 0 spiro atoms.